The Labute approximate surface area is 98.3 Å². The standard InChI is InChI=1S/C12H12N4O/c1-8(15-16-12(13)17)10-4-2-3-9-7-14-6-5-11(9)10/h2-7H,1H3,(H3,13,16,17)/b15-8+. The number of nitrogens with one attached hydrogen (secondary N) is 1. The van der Waals surface area contributed by atoms with Crippen molar-refractivity contribution in [1.29, 1.82) is 0 Å². The van der Waals surface area contributed by atoms with Crippen LogP contribution in [0.5, 0.6) is 0 Å². The Kier molecular flexibility index (Phi) is 3.00. The first-order valence-electron chi connectivity index (χ1n) is 5.11. The normalized spacial score (nSPS) is 11.5. The number of rotatable bonds is 2. The quantitative estimate of drug-likeness (QED) is 0.605. The largest absolute Gasteiger partial charge is 0.350 e. The Balaban J connectivity index is 2.48. The monoisotopic (exact) mass is 228 g/mol. The van der Waals surface area contributed by atoms with Crippen molar-refractivity contribution in [3.05, 3.63) is 42.2 Å². The Morgan fingerprint density at radius 2 is 2.24 bits per heavy atom. The second kappa shape index (κ2) is 4.61. The highest BCUT2D eigenvalue weighted by molar-refractivity contribution is 6.09. The zero-order chi connectivity index (χ0) is 12.3. The Hall–Kier alpha value is -2.43. The maximum atomic E-state index is 10.6. The third-order valence-corrected chi connectivity index (χ3v) is 2.40. The van der Waals surface area contributed by atoms with E-state index in [0.717, 1.165) is 16.3 Å². The van der Waals surface area contributed by atoms with Crippen molar-refractivity contribution in [3.8, 4) is 0 Å². The molecule has 17 heavy (non-hydrogen) atoms. The summed E-state index contributed by atoms with van der Waals surface area (Å²) in [6.07, 6.45) is 3.51. The lowest BCUT2D eigenvalue weighted by atomic mass is 10.0. The van der Waals surface area contributed by atoms with Crippen LogP contribution in [0.2, 0.25) is 0 Å². The molecular weight excluding hydrogens is 216 g/mol. The fourth-order valence-electron chi connectivity index (χ4n) is 1.64. The van der Waals surface area contributed by atoms with Crippen molar-refractivity contribution in [2.24, 2.45) is 10.8 Å². The van der Waals surface area contributed by atoms with Crippen LogP contribution in [0.1, 0.15) is 12.5 Å². The number of hydrogen-bond acceptors (Lipinski definition) is 3. The molecule has 0 saturated heterocycles. The van der Waals surface area contributed by atoms with Gasteiger partial charge in [-0.15, -0.1) is 0 Å². The molecule has 0 fully saturated rings. The number of nitrogens with zero attached hydrogens (tertiary/aromatic N) is 2. The molecule has 0 spiro atoms. The summed E-state index contributed by atoms with van der Waals surface area (Å²) in [5.41, 5.74) is 8.82. The van der Waals surface area contributed by atoms with Crippen LogP contribution in [0, 0.1) is 0 Å². The topological polar surface area (TPSA) is 80.4 Å². The third-order valence-electron chi connectivity index (χ3n) is 2.40. The summed E-state index contributed by atoms with van der Waals surface area (Å²) < 4.78 is 0. The fraction of sp³-hybridized carbons (Fsp3) is 0.0833. The zero-order valence-corrected chi connectivity index (χ0v) is 9.34. The highest BCUT2D eigenvalue weighted by Crippen LogP contribution is 2.17. The van der Waals surface area contributed by atoms with Crippen molar-refractivity contribution in [2.45, 2.75) is 6.92 Å². The molecule has 2 aromatic rings. The molecule has 2 amide bonds. The summed E-state index contributed by atoms with van der Waals surface area (Å²) in [4.78, 5) is 14.7. The van der Waals surface area contributed by atoms with E-state index in [4.69, 9.17) is 5.73 Å². The lowest BCUT2D eigenvalue weighted by Gasteiger charge is -2.05. The van der Waals surface area contributed by atoms with E-state index in [-0.39, 0.29) is 0 Å². The number of fused-ring (bicyclic) bond motifs is 1. The smallest absolute Gasteiger partial charge is 0.332 e. The first kappa shape index (κ1) is 11.1. The van der Waals surface area contributed by atoms with E-state index in [2.05, 4.69) is 15.5 Å². The van der Waals surface area contributed by atoms with E-state index < -0.39 is 6.03 Å². The van der Waals surface area contributed by atoms with Gasteiger partial charge in [-0.3, -0.25) is 4.98 Å². The van der Waals surface area contributed by atoms with Crippen LogP contribution in [0.4, 0.5) is 4.79 Å². The highest BCUT2D eigenvalue weighted by Gasteiger charge is 2.03. The number of carbonyl (C=O) groups is 1. The summed E-state index contributed by atoms with van der Waals surface area (Å²) in [7, 11) is 0. The second-order valence-electron chi connectivity index (χ2n) is 3.58. The van der Waals surface area contributed by atoms with Gasteiger partial charge in [0.25, 0.3) is 0 Å². The molecule has 0 bridgehead atoms. The van der Waals surface area contributed by atoms with Gasteiger partial charge in [0.2, 0.25) is 0 Å². The predicted octanol–water partition coefficient (Wildman–Crippen LogP) is 1.63. The van der Waals surface area contributed by atoms with E-state index >= 15 is 0 Å². The molecule has 1 heterocycles. The first-order chi connectivity index (χ1) is 8.18. The van der Waals surface area contributed by atoms with Crippen LogP contribution in [0.25, 0.3) is 10.8 Å². The molecule has 86 valence electrons. The van der Waals surface area contributed by atoms with Crippen LogP contribution in [0.3, 0.4) is 0 Å². The van der Waals surface area contributed by atoms with Gasteiger partial charge in [0.05, 0.1) is 5.71 Å². The summed E-state index contributed by atoms with van der Waals surface area (Å²) in [5.74, 6) is 0. The van der Waals surface area contributed by atoms with Gasteiger partial charge in [0, 0.05) is 23.3 Å². The van der Waals surface area contributed by atoms with Crippen molar-refractivity contribution >= 4 is 22.5 Å². The zero-order valence-electron chi connectivity index (χ0n) is 9.34. The summed E-state index contributed by atoms with van der Waals surface area (Å²) in [6.45, 7) is 1.81. The predicted molar refractivity (Wildman–Crippen MR) is 66.7 cm³/mol. The molecule has 5 nitrogen and oxygen atoms in total. The molecule has 3 N–H and O–H groups in total. The van der Waals surface area contributed by atoms with Crippen molar-refractivity contribution in [3.63, 3.8) is 0 Å². The van der Waals surface area contributed by atoms with Gasteiger partial charge in [0.1, 0.15) is 0 Å². The highest BCUT2D eigenvalue weighted by atomic mass is 16.2. The molecule has 5 heteroatoms. The number of carbonyl (C=O) groups excluding carboxylic acids is 1. The lowest BCUT2D eigenvalue weighted by Crippen LogP contribution is -2.25. The number of urea groups is 1. The molecule has 0 aliphatic rings. The third kappa shape index (κ3) is 2.39. The van der Waals surface area contributed by atoms with E-state index in [1.54, 1.807) is 12.4 Å². The molecule has 1 aromatic carbocycles. The van der Waals surface area contributed by atoms with Crippen LogP contribution < -0.4 is 11.2 Å². The fourth-order valence-corrected chi connectivity index (χ4v) is 1.64. The number of pyridine rings is 1. The number of benzene rings is 1. The molecule has 0 aliphatic carbocycles. The Morgan fingerprint density at radius 3 is 3.00 bits per heavy atom. The lowest BCUT2D eigenvalue weighted by molar-refractivity contribution is 0.249. The molecule has 1 aromatic heterocycles. The van der Waals surface area contributed by atoms with E-state index in [9.17, 15) is 4.79 Å². The molecule has 0 aliphatic heterocycles. The second-order valence-corrected chi connectivity index (χ2v) is 3.58. The minimum atomic E-state index is -0.675. The molecular formula is C12H12N4O. The summed E-state index contributed by atoms with van der Waals surface area (Å²) in [6, 6.07) is 7.06. The maximum absolute atomic E-state index is 10.6. The SMILES string of the molecule is C/C(=N\NC(N)=O)c1cccc2cnccc12. The average Bonchev–Trinajstić information content (AvgIpc) is 2.35. The van der Waals surface area contributed by atoms with Crippen molar-refractivity contribution < 1.29 is 4.79 Å². The van der Waals surface area contributed by atoms with Crippen LogP contribution in [0.15, 0.2) is 41.8 Å². The number of aromatic nitrogens is 1. The van der Waals surface area contributed by atoms with E-state index in [1.165, 1.54) is 0 Å². The van der Waals surface area contributed by atoms with E-state index in [1.807, 2.05) is 31.2 Å². The molecule has 0 saturated carbocycles. The summed E-state index contributed by atoms with van der Waals surface area (Å²) >= 11 is 0. The van der Waals surface area contributed by atoms with Gasteiger partial charge in [-0.05, 0) is 18.4 Å². The Morgan fingerprint density at radius 1 is 1.41 bits per heavy atom. The number of nitrogens with two attached hydrogens (primary N) is 1. The van der Waals surface area contributed by atoms with Crippen molar-refractivity contribution in [1.82, 2.24) is 10.4 Å². The van der Waals surface area contributed by atoms with Gasteiger partial charge in [-0.1, -0.05) is 18.2 Å². The number of primary amides is 1. The first-order valence-corrected chi connectivity index (χ1v) is 5.11. The molecule has 2 rings (SSSR count). The van der Waals surface area contributed by atoms with E-state index in [0.29, 0.717) is 5.71 Å². The van der Waals surface area contributed by atoms with Gasteiger partial charge < -0.3 is 5.73 Å². The summed E-state index contributed by atoms with van der Waals surface area (Å²) in [5, 5.41) is 5.98. The van der Waals surface area contributed by atoms with Gasteiger partial charge in [0.15, 0.2) is 0 Å². The van der Waals surface area contributed by atoms with Gasteiger partial charge >= 0.3 is 6.03 Å². The van der Waals surface area contributed by atoms with Crippen molar-refractivity contribution in [2.75, 3.05) is 0 Å². The van der Waals surface area contributed by atoms with Crippen LogP contribution in [-0.4, -0.2) is 16.7 Å². The maximum Gasteiger partial charge on any atom is 0.332 e. The number of hydrazone groups is 1. The van der Waals surface area contributed by atoms with Gasteiger partial charge in [-0.2, -0.15) is 5.10 Å². The average molecular weight is 228 g/mol. The molecule has 0 unspecified atom stereocenters. The minimum absolute atomic E-state index is 0.675. The molecule has 0 radical (unpaired) electrons. The Bertz CT molecular complexity index is 587. The van der Waals surface area contributed by atoms with Crippen LogP contribution >= 0.6 is 0 Å². The minimum Gasteiger partial charge on any atom is -0.350 e. The number of hydrogen-bond donors (Lipinski definition) is 2. The van der Waals surface area contributed by atoms with Gasteiger partial charge in [-0.25, -0.2) is 10.2 Å². The number of amides is 2. The van der Waals surface area contributed by atoms with Crippen LogP contribution in [-0.2, 0) is 0 Å². The molecule has 0 atom stereocenters.